The molecule has 224 valence electrons. The maximum Gasteiger partial charge on any atom is 0.309 e. The third-order valence-electron chi connectivity index (χ3n) is 8.02. The molecule has 8 nitrogen and oxygen atoms in total. The largest absolute Gasteiger partial charge is 0.460 e. The van der Waals surface area contributed by atoms with Gasteiger partial charge in [0.05, 0.1) is 27.3 Å². The normalized spacial score (nSPS) is 19.3. The van der Waals surface area contributed by atoms with Gasteiger partial charge in [-0.3, -0.25) is 14.5 Å². The number of halogens is 3. The topological polar surface area (TPSA) is 89.4 Å². The molecule has 1 aliphatic heterocycles. The van der Waals surface area contributed by atoms with Gasteiger partial charge >= 0.3 is 5.97 Å². The number of hydrogen-bond donors (Lipinski definition) is 1. The number of benzene rings is 1. The average Bonchev–Trinajstić information content (AvgIpc) is 3.26. The molecule has 1 aliphatic carbocycles. The van der Waals surface area contributed by atoms with E-state index in [1.54, 1.807) is 24.4 Å². The van der Waals surface area contributed by atoms with Crippen LogP contribution >= 0.6 is 34.8 Å². The molecule has 2 aromatic heterocycles. The molecule has 11 heteroatoms. The van der Waals surface area contributed by atoms with Gasteiger partial charge in [0, 0.05) is 56.1 Å². The molecule has 3 heterocycles. The minimum absolute atomic E-state index is 0.000945. The van der Waals surface area contributed by atoms with E-state index in [0.29, 0.717) is 45.1 Å². The number of carbonyl (C=O) groups is 2. The molecular formula is C31H36Cl3N5O3. The van der Waals surface area contributed by atoms with Crippen LogP contribution < -0.4 is 5.32 Å². The first kappa shape index (κ1) is 30.8. The number of hydrogen-bond acceptors (Lipinski definition) is 6. The van der Waals surface area contributed by atoms with Crippen LogP contribution in [0.25, 0.3) is 11.1 Å². The van der Waals surface area contributed by atoms with Crippen LogP contribution in [0.15, 0.2) is 30.5 Å². The summed E-state index contributed by atoms with van der Waals surface area (Å²) in [5.41, 5.74) is 3.27. The molecule has 3 aromatic rings. The fourth-order valence-electron chi connectivity index (χ4n) is 5.91. The van der Waals surface area contributed by atoms with E-state index in [0.717, 1.165) is 56.6 Å². The van der Waals surface area contributed by atoms with Crippen molar-refractivity contribution in [1.82, 2.24) is 19.4 Å². The minimum Gasteiger partial charge on any atom is -0.460 e. The van der Waals surface area contributed by atoms with E-state index in [4.69, 9.17) is 44.5 Å². The Labute approximate surface area is 261 Å². The van der Waals surface area contributed by atoms with Gasteiger partial charge in [0.25, 0.3) is 5.91 Å². The zero-order valence-corrected chi connectivity index (χ0v) is 26.6. The van der Waals surface area contributed by atoms with Gasteiger partial charge in [0.1, 0.15) is 10.8 Å². The molecule has 5 rings (SSSR count). The van der Waals surface area contributed by atoms with E-state index < -0.39 is 5.60 Å². The lowest BCUT2D eigenvalue weighted by Crippen LogP contribution is -2.37. The predicted molar refractivity (Wildman–Crippen MR) is 166 cm³/mol. The van der Waals surface area contributed by atoms with Gasteiger partial charge in [-0.1, -0.05) is 46.9 Å². The molecule has 0 bridgehead atoms. The molecule has 0 saturated heterocycles. The highest BCUT2D eigenvalue weighted by molar-refractivity contribution is 6.44. The molecule has 42 heavy (non-hydrogen) atoms. The second kappa shape index (κ2) is 12.5. The van der Waals surface area contributed by atoms with Crippen molar-refractivity contribution in [3.63, 3.8) is 0 Å². The van der Waals surface area contributed by atoms with E-state index in [9.17, 15) is 9.59 Å². The summed E-state index contributed by atoms with van der Waals surface area (Å²) >= 11 is 19.2. The number of aromatic nitrogens is 3. The molecule has 1 saturated carbocycles. The Morgan fingerprint density at radius 3 is 2.48 bits per heavy atom. The summed E-state index contributed by atoms with van der Waals surface area (Å²) < 4.78 is 7.48. The minimum atomic E-state index is -0.447. The summed E-state index contributed by atoms with van der Waals surface area (Å²) in [6.07, 6.45) is 6.14. The van der Waals surface area contributed by atoms with E-state index in [2.05, 4.69) is 15.2 Å². The second-order valence-corrected chi connectivity index (χ2v) is 13.3. The number of nitrogens with one attached hydrogen (secondary N) is 1. The smallest absolute Gasteiger partial charge is 0.309 e. The molecule has 1 amide bonds. The number of rotatable bonds is 6. The zero-order chi connectivity index (χ0) is 30.2. The monoisotopic (exact) mass is 631 g/mol. The number of ether oxygens (including phenoxy) is 1. The maximum atomic E-state index is 13.4. The van der Waals surface area contributed by atoms with Crippen molar-refractivity contribution in [2.75, 3.05) is 18.4 Å². The number of pyridine rings is 1. The highest BCUT2D eigenvalue weighted by Crippen LogP contribution is 2.39. The number of esters is 1. The van der Waals surface area contributed by atoms with Crippen molar-refractivity contribution in [3.8, 4) is 11.1 Å². The summed E-state index contributed by atoms with van der Waals surface area (Å²) in [6, 6.07) is 7.08. The van der Waals surface area contributed by atoms with Crippen molar-refractivity contribution < 1.29 is 14.3 Å². The Bertz CT molecular complexity index is 1490. The maximum absolute atomic E-state index is 13.4. The van der Waals surface area contributed by atoms with Crippen LogP contribution in [0.4, 0.5) is 5.69 Å². The lowest BCUT2D eigenvalue weighted by atomic mass is 9.81. The number of fused-ring (bicyclic) bond motifs is 1. The van der Waals surface area contributed by atoms with E-state index in [1.807, 2.05) is 38.5 Å². The lowest BCUT2D eigenvalue weighted by Gasteiger charge is -2.34. The first-order valence-electron chi connectivity index (χ1n) is 14.3. The van der Waals surface area contributed by atoms with Crippen LogP contribution in [0.2, 0.25) is 15.2 Å². The third kappa shape index (κ3) is 6.77. The zero-order valence-electron chi connectivity index (χ0n) is 24.3. The van der Waals surface area contributed by atoms with Gasteiger partial charge in [-0.15, -0.1) is 0 Å². The quantitative estimate of drug-likeness (QED) is 0.228. The highest BCUT2D eigenvalue weighted by atomic mass is 35.5. The van der Waals surface area contributed by atoms with Crippen molar-refractivity contribution in [3.05, 3.63) is 62.9 Å². The Morgan fingerprint density at radius 1 is 1.05 bits per heavy atom. The number of carbonyl (C=O) groups excluding carboxylic acids is 2. The molecule has 1 N–H and O–H groups in total. The van der Waals surface area contributed by atoms with Gasteiger partial charge < -0.3 is 14.6 Å². The SMILES string of the molecule is Cn1c(C(=O)Nc2cccc(-c3ccnc(Cl)c3Cl)c2Cl)nc2c1CCN(CC1CCC(C(=O)OC(C)(C)C)CC1)C2. The second-order valence-electron chi connectivity index (χ2n) is 12.2. The van der Waals surface area contributed by atoms with E-state index >= 15 is 0 Å². The number of amides is 1. The average molecular weight is 633 g/mol. The van der Waals surface area contributed by atoms with E-state index in [-0.39, 0.29) is 22.9 Å². The molecule has 0 spiro atoms. The number of nitrogens with zero attached hydrogens (tertiary/aromatic N) is 4. The molecular weight excluding hydrogens is 597 g/mol. The Morgan fingerprint density at radius 2 is 1.76 bits per heavy atom. The molecule has 0 atom stereocenters. The highest BCUT2D eigenvalue weighted by Gasteiger charge is 2.32. The third-order valence-corrected chi connectivity index (χ3v) is 9.20. The lowest BCUT2D eigenvalue weighted by molar-refractivity contribution is -0.161. The summed E-state index contributed by atoms with van der Waals surface area (Å²) in [7, 11) is 1.88. The van der Waals surface area contributed by atoms with Crippen LogP contribution in [0.3, 0.4) is 0 Å². The van der Waals surface area contributed by atoms with Gasteiger partial charge in [-0.25, -0.2) is 9.97 Å². The first-order chi connectivity index (χ1) is 19.9. The van der Waals surface area contributed by atoms with Crippen LogP contribution in [0.5, 0.6) is 0 Å². The van der Waals surface area contributed by atoms with Crippen LogP contribution in [-0.2, 0) is 29.5 Å². The number of imidazole rings is 1. The van der Waals surface area contributed by atoms with Gasteiger partial charge in [-0.2, -0.15) is 0 Å². The predicted octanol–water partition coefficient (Wildman–Crippen LogP) is 7.20. The fourth-order valence-corrected chi connectivity index (χ4v) is 6.56. The van der Waals surface area contributed by atoms with Gasteiger partial charge in [0.15, 0.2) is 5.82 Å². The van der Waals surface area contributed by atoms with Crippen LogP contribution in [0, 0.1) is 11.8 Å². The fraction of sp³-hybridized carbons (Fsp3) is 0.484. The van der Waals surface area contributed by atoms with Gasteiger partial charge in [-0.05, 0) is 64.5 Å². The summed E-state index contributed by atoms with van der Waals surface area (Å²) in [4.78, 5) is 37.0. The Hall–Kier alpha value is -2.65. The van der Waals surface area contributed by atoms with Crippen molar-refractivity contribution >= 4 is 52.4 Å². The van der Waals surface area contributed by atoms with E-state index in [1.165, 1.54) is 0 Å². The van der Waals surface area contributed by atoms with Crippen molar-refractivity contribution in [1.29, 1.82) is 0 Å². The number of anilines is 1. The van der Waals surface area contributed by atoms with Crippen LogP contribution in [0.1, 0.15) is 68.5 Å². The standard InChI is InChI=1S/C31H36Cl3N5O3/c1-31(2,3)42-30(41)19-10-8-18(9-11-19)16-39-15-13-24-23(17-39)36-28(38(24)4)29(40)37-22-7-5-6-20(25(22)32)21-12-14-35-27(34)26(21)33/h5-7,12,14,18-19H,8-11,13,15-17H2,1-4H3,(H,37,40). The summed E-state index contributed by atoms with van der Waals surface area (Å²) in [5, 5.41) is 3.75. The first-order valence-corrected chi connectivity index (χ1v) is 15.4. The molecule has 1 aromatic carbocycles. The molecule has 1 fully saturated rings. The summed E-state index contributed by atoms with van der Waals surface area (Å²) in [5.74, 6) is 0.471. The molecule has 2 aliphatic rings. The summed E-state index contributed by atoms with van der Waals surface area (Å²) in [6.45, 7) is 8.30. The Kier molecular flexibility index (Phi) is 9.19. The van der Waals surface area contributed by atoms with Gasteiger partial charge in [0.2, 0.25) is 0 Å². The van der Waals surface area contributed by atoms with Crippen molar-refractivity contribution in [2.45, 2.75) is 65.0 Å². The Balaban J connectivity index is 1.22. The van der Waals surface area contributed by atoms with Crippen molar-refractivity contribution in [2.24, 2.45) is 18.9 Å². The molecule has 0 radical (unpaired) electrons. The van der Waals surface area contributed by atoms with Crippen LogP contribution in [-0.4, -0.2) is 50.0 Å². The molecule has 0 unspecified atom stereocenters.